The number of aromatic nitrogens is 2. The van der Waals surface area contributed by atoms with E-state index in [2.05, 4.69) is 11.1 Å². The first-order chi connectivity index (χ1) is 15.9. The van der Waals surface area contributed by atoms with Crippen LogP contribution in [0.15, 0.2) is 42.6 Å². The molecule has 1 unspecified atom stereocenters. The molecule has 2 heterocycles. The van der Waals surface area contributed by atoms with Crippen LogP contribution in [-0.4, -0.2) is 33.0 Å². The van der Waals surface area contributed by atoms with Crippen LogP contribution in [0.3, 0.4) is 0 Å². The number of unbranched alkanes of at least 4 members (excludes halogenated alkanes) is 1. The number of nitriles is 1. The van der Waals surface area contributed by atoms with Gasteiger partial charge in [0.2, 0.25) is 0 Å². The smallest absolute Gasteiger partial charge is 0.303 e. The van der Waals surface area contributed by atoms with Gasteiger partial charge in [-0.25, -0.2) is 4.98 Å². The van der Waals surface area contributed by atoms with Gasteiger partial charge in [0, 0.05) is 49.3 Å². The van der Waals surface area contributed by atoms with Gasteiger partial charge in [-0.2, -0.15) is 5.26 Å². The van der Waals surface area contributed by atoms with Crippen molar-refractivity contribution in [3.8, 4) is 6.07 Å². The lowest BCUT2D eigenvalue weighted by Gasteiger charge is -2.11. The van der Waals surface area contributed by atoms with Crippen molar-refractivity contribution in [1.82, 2.24) is 9.55 Å². The van der Waals surface area contributed by atoms with Crippen LogP contribution in [0.25, 0.3) is 11.0 Å². The van der Waals surface area contributed by atoms with Gasteiger partial charge in [-0.05, 0) is 36.8 Å². The standard InChI is InChI=1S/C26H29N3O4/c1-18(13-24(31)32)12-23(30)25-21-14-20(15-27)16-28-26(21)29(2)22(25)10-6-7-11-33-17-19-8-4-3-5-9-19/h3-5,8-9,14,16,18H,6-7,10-13,17H2,1-2H3,(H,31,32). The summed E-state index contributed by atoms with van der Waals surface area (Å²) in [5.41, 5.74) is 3.59. The summed E-state index contributed by atoms with van der Waals surface area (Å²) in [6, 6.07) is 13.8. The molecule has 0 amide bonds. The molecule has 3 rings (SSSR count). The fourth-order valence-electron chi connectivity index (χ4n) is 4.07. The highest BCUT2D eigenvalue weighted by Gasteiger charge is 2.24. The number of carboxylic acid groups (broad SMARTS) is 1. The number of hydrogen-bond donors (Lipinski definition) is 1. The highest BCUT2D eigenvalue weighted by Crippen LogP contribution is 2.29. The molecule has 172 valence electrons. The van der Waals surface area contributed by atoms with Gasteiger partial charge in [-0.15, -0.1) is 0 Å². The fourth-order valence-corrected chi connectivity index (χ4v) is 4.07. The van der Waals surface area contributed by atoms with E-state index in [1.165, 1.54) is 6.20 Å². The Hall–Kier alpha value is -3.50. The van der Waals surface area contributed by atoms with Crippen LogP contribution in [0.2, 0.25) is 0 Å². The number of aliphatic carboxylic acids is 1. The molecule has 7 nitrogen and oxygen atoms in total. The lowest BCUT2D eigenvalue weighted by Crippen LogP contribution is -2.12. The molecule has 0 radical (unpaired) electrons. The van der Waals surface area contributed by atoms with Crippen LogP contribution < -0.4 is 0 Å². The minimum absolute atomic E-state index is 0.0632. The number of carboxylic acids is 1. The number of pyridine rings is 1. The number of aryl methyl sites for hydroxylation is 1. The van der Waals surface area contributed by atoms with Crippen LogP contribution in [0.5, 0.6) is 0 Å². The molecule has 1 atom stereocenters. The van der Waals surface area contributed by atoms with Gasteiger partial charge < -0.3 is 14.4 Å². The molecule has 1 aromatic carbocycles. The summed E-state index contributed by atoms with van der Waals surface area (Å²) < 4.78 is 7.68. The maximum atomic E-state index is 13.2. The van der Waals surface area contributed by atoms with Crippen molar-refractivity contribution in [2.24, 2.45) is 13.0 Å². The van der Waals surface area contributed by atoms with Gasteiger partial charge in [-0.3, -0.25) is 9.59 Å². The molecular weight excluding hydrogens is 418 g/mol. The summed E-state index contributed by atoms with van der Waals surface area (Å²) in [5, 5.41) is 19.0. The van der Waals surface area contributed by atoms with Crippen molar-refractivity contribution in [1.29, 1.82) is 5.26 Å². The second kappa shape index (κ2) is 11.4. The molecule has 1 N–H and O–H groups in total. The lowest BCUT2D eigenvalue weighted by atomic mass is 9.94. The predicted molar refractivity (Wildman–Crippen MR) is 125 cm³/mol. The number of benzene rings is 1. The monoisotopic (exact) mass is 447 g/mol. The highest BCUT2D eigenvalue weighted by molar-refractivity contribution is 6.09. The normalized spacial score (nSPS) is 11.9. The summed E-state index contributed by atoms with van der Waals surface area (Å²) in [4.78, 5) is 28.7. The number of ether oxygens (including phenoxy) is 1. The first kappa shape index (κ1) is 24.1. The van der Waals surface area contributed by atoms with Crippen LogP contribution in [0, 0.1) is 17.2 Å². The molecule has 0 fully saturated rings. The minimum Gasteiger partial charge on any atom is -0.481 e. The van der Waals surface area contributed by atoms with E-state index in [1.54, 1.807) is 13.0 Å². The molecule has 33 heavy (non-hydrogen) atoms. The molecule has 0 bridgehead atoms. The van der Waals surface area contributed by atoms with Crippen molar-refractivity contribution in [2.75, 3.05) is 6.61 Å². The molecule has 2 aromatic heterocycles. The number of hydrogen-bond acceptors (Lipinski definition) is 5. The zero-order valence-corrected chi connectivity index (χ0v) is 19.1. The second-order valence-electron chi connectivity index (χ2n) is 8.41. The number of rotatable bonds is 12. The van der Waals surface area contributed by atoms with Crippen molar-refractivity contribution in [2.45, 2.75) is 45.6 Å². The quantitative estimate of drug-likeness (QED) is 0.320. The number of fused-ring (bicyclic) bond motifs is 1. The van der Waals surface area contributed by atoms with Crippen molar-refractivity contribution >= 4 is 22.8 Å². The lowest BCUT2D eigenvalue weighted by molar-refractivity contribution is -0.137. The average molecular weight is 448 g/mol. The maximum absolute atomic E-state index is 13.2. The Morgan fingerprint density at radius 1 is 1.21 bits per heavy atom. The third-order valence-corrected chi connectivity index (χ3v) is 5.68. The summed E-state index contributed by atoms with van der Waals surface area (Å²) in [7, 11) is 1.88. The number of nitrogens with zero attached hydrogens (tertiary/aromatic N) is 3. The zero-order valence-electron chi connectivity index (χ0n) is 19.1. The molecule has 0 aliphatic heterocycles. The molecule has 0 saturated heterocycles. The molecule has 0 spiro atoms. The van der Waals surface area contributed by atoms with Crippen molar-refractivity contribution in [3.63, 3.8) is 0 Å². The summed E-state index contributed by atoms with van der Waals surface area (Å²) >= 11 is 0. The number of ketones is 1. The Morgan fingerprint density at radius 3 is 2.67 bits per heavy atom. The maximum Gasteiger partial charge on any atom is 0.303 e. The van der Waals surface area contributed by atoms with E-state index < -0.39 is 5.97 Å². The molecule has 0 aliphatic carbocycles. The van der Waals surface area contributed by atoms with Gasteiger partial charge in [0.1, 0.15) is 11.7 Å². The average Bonchev–Trinajstić information content (AvgIpc) is 3.07. The molecule has 3 aromatic rings. The SMILES string of the molecule is CC(CC(=O)O)CC(=O)c1c(CCCCOCc2ccccc2)n(C)c2ncc(C#N)cc12. The van der Waals surface area contributed by atoms with Crippen molar-refractivity contribution in [3.05, 3.63) is 65.0 Å². The zero-order chi connectivity index (χ0) is 23.8. The van der Waals surface area contributed by atoms with Gasteiger partial charge in [0.15, 0.2) is 5.78 Å². The predicted octanol–water partition coefficient (Wildman–Crippen LogP) is 4.67. The van der Waals surface area contributed by atoms with Gasteiger partial charge in [-0.1, -0.05) is 37.3 Å². The first-order valence-electron chi connectivity index (χ1n) is 11.1. The topological polar surface area (TPSA) is 105 Å². The summed E-state index contributed by atoms with van der Waals surface area (Å²) in [5.74, 6) is -1.31. The highest BCUT2D eigenvalue weighted by atomic mass is 16.5. The Labute approximate surface area is 193 Å². The van der Waals surface area contributed by atoms with Crippen LogP contribution in [-0.2, 0) is 29.6 Å². The van der Waals surface area contributed by atoms with E-state index >= 15 is 0 Å². The minimum atomic E-state index is -0.919. The van der Waals surface area contributed by atoms with E-state index in [9.17, 15) is 14.9 Å². The van der Waals surface area contributed by atoms with Crippen molar-refractivity contribution < 1.29 is 19.4 Å². The van der Waals surface area contributed by atoms with E-state index in [0.717, 1.165) is 24.1 Å². The van der Waals surface area contributed by atoms with Gasteiger partial charge in [0.25, 0.3) is 0 Å². The number of Topliss-reactive ketones (excluding diaryl/α,β-unsaturated/α-hetero) is 1. The van der Waals surface area contributed by atoms with Gasteiger partial charge >= 0.3 is 5.97 Å². The number of carbonyl (C=O) groups excluding carboxylic acids is 1. The molecule has 7 heteroatoms. The summed E-state index contributed by atoms with van der Waals surface area (Å²) in [6.07, 6.45) is 3.91. The number of carbonyl (C=O) groups is 2. The van der Waals surface area contributed by atoms with E-state index in [1.807, 2.05) is 41.9 Å². The van der Waals surface area contributed by atoms with Gasteiger partial charge in [0.05, 0.1) is 12.2 Å². The Balaban J connectivity index is 1.73. The largest absolute Gasteiger partial charge is 0.481 e. The third-order valence-electron chi connectivity index (χ3n) is 5.68. The fraction of sp³-hybridized carbons (Fsp3) is 0.385. The van der Waals surface area contributed by atoms with Crippen LogP contribution >= 0.6 is 0 Å². The van der Waals surface area contributed by atoms with E-state index in [4.69, 9.17) is 9.84 Å². The van der Waals surface area contributed by atoms with E-state index in [-0.39, 0.29) is 24.5 Å². The second-order valence-corrected chi connectivity index (χ2v) is 8.41. The Kier molecular flexibility index (Phi) is 8.34. The summed E-state index contributed by atoms with van der Waals surface area (Å²) in [6.45, 7) is 2.95. The Morgan fingerprint density at radius 2 is 1.97 bits per heavy atom. The van der Waals surface area contributed by atoms with Crippen LogP contribution in [0.4, 0.5) is 0 Å². The third kappa shape index (κ3) is 6.27. The molecule has 0 aliphatic rings. The Bertz CT molecular complexity index is 1160. The molecular formula is C26H29N3O4. The molecule has 0 saturated carbocycles. The first-order valence-corrected chi connectivity index (χ1v) is 11.1. The van der Waals surface area contributed by atoms with Crippen LogP contribution in [0.1, 0.15) is 59.8 Å². The van der Waals surface area contributed by atoms with E-state index in [0.29, 0.717) is 41.8 Å².